The van der Waals surface area contributed by atoms with Gasteiger partial charge in [0.05, 0.1) is 7.11 Å². The summed E-state index contributed by atoms with van der Waals surface area (Å²) in [5, 5.41) is 0.392. The lowest BCUT2D eigenvalue weighted by Crippen LogP contribution is -2.15. The highest BCUT2D eigenvalue weighted by Crippen LogP contribution is 2.24. The number of aryl methyl sites for hydroxylation is 2. The molecule has 22 heavy (non-hydrogen) atoms. The molecule has 0 radical (unpaired) electrons. The fourth-order valence-electron chi connectivity index (χ4n) is 2.03. The van der Waals surface area contributed by atoms with Crippen molar-refractivity contribution in [3.63, 3.8) is 0 Å². The van der Waals surface area contributed by atoms with Crippen molar-refractivity contribution >= 4 is 34.7 Å². The maximum absolute atomic E-state index is 12.1. The zero-order valence-electron chi connectivity index (χ0n) is 12.4. The maximum Gasteiger partial charge on any atom is 0.342 e. The van der Waals surface area contributed by atoms with Crippen molar-refractivity contribution in [2.75, 3.05) is 13.7 Å². The van der Waals surface area contributed by atoms with E-state index in [4.69, 9.17) is 21.1 Å². The van der Waals surface area contributed by atoms with Crippen molar-refractivity contribution in [3.05, 3.63) is 50.2 Å². The number of Topliss-reactive ketones (excluding diaryl/α,β-unsaturated/α-hetero) is 1. The molecule has 6 heteroatoms. The SMILES string of the molecule is COc1ccc(Cl)cc1C(=O)OCC(=O)c1cc(C)sc1C. The summed E-state index contributed by atoms with van der Waals surface area (Å²) in [7, 11) is 1.45. The van der Waals surface area contributed by atoms with Gasteiger partial charge in [0.1, 0.15) is 11.3 Å². The van der Waals surface area contributed by atoms with E-state index in [1.165, 1.54) is 24.5 Å². The molecule has 2 aromatic rings. The van der Waals surface area contributed by atoms with E-state index in [9.17, 15) is 9.59 Å². The lowest BCUT2D eigenvalue weighted by molar-refractivity contribution is 0.0471. The zero-order chi connectivity index (χ0) is 16.3. The molecule has 0 atom stereocenters. The van der Waals surface area contributed by atoms with E-state index in [1.54, 1.807) is 18.2 Å². The van der Waals surface area contributed by atoms with Gasteiger partial charge in [-0.05, 0) is 38.1 Å². The molecule has 0 aliphatic heterocycles. The number of ether oxygens (including phenoxy) is 2. The van der Waals surface area contributed by atoms with E-state index in [0.29, 0.717) is 16.3 Å². The van der Waals surface area contributed by atoms with Crippen LogP contribution in [0.25, 0.3) is 0 Å². The lowest BCUT2D eigenvalue weighted by atomic mass is 10.1. The van der Waals surface area contributed by atoms with E-state index in [1.807, 2.05) is 13.8 Å². The third-order valence-electron chi connectivity index (χ3n) is 3.06. The molecule has 0 unspecified atom stereocenters. The molecule has 1 heterocycles. The first-order valence-electron chi connectivity index (χ1n) is 6.53. The van der Waals surface area contributed by atoms with Crippen LogP contribution in [0.5, 0.6) is 5.75 Å². The first-order chi connectivity index (χ1) is 10.4. The van der Waals surface area contributed by atoms with Gasteiger partial charge in [-0.3, -0.25) is 4.79 Å². The number of carbonyl (C=O) groups excluding carboxylic acids is 2. The molecule has 2 rings (SSSR count). The highest BCUT2D eigenvalue weighted by atomic mass is 35.5. The highest BCUT2D eigenvalue weighted by molar-refractivity contribution is 7.12. The van der Waals surface area contributed by atoms with Gasteiger partial charge in [0, 0.05) is 20.3 Å². The minimum absolute atomic E-state index is 0.195. The van der Waals surface area contributed by atoms with E-state index in [2.05, 4.69) is 0 Å². The van der Waals surface area contributed by atoms with Crippen LogP contribution in [0.1, 0.15) is 30.5 Å². The zero-order valence-corrected chi connectivity index (χ0v) is 14.0. The van der Waals surface area contributed by atoms with Crippen molar-refractivity contribution < 1.29 is 19.1 Å². The Labute approximate surface area is 137 Å². The number of halogens is 1. The van der Waals surface area contributed by atoms with E-state index in [0.717, 1.165) is 9.75 Å². The second-order valence-electron chi connectivity index (χ2n) is 4.67. The third-order valence-corrected chi connectivity index (χ3v) is 4.26. The van der Waals surface area contributed by atoms with Crippen LogP contribution in [0, 0.1) is 13.8 Å². The predicted octanol–water partition coefficient (Wildman–Crippen LogP) is 4.07. The third kappa shape index (κ3) is 3.67. The summed E-state index contributed by atoms with van der Waals surface area (Å²) in [5.74, 6) is -0.516. The van der Waals surface area contributed by atoms with Crippen molar-refractivity contribution in [2.24, 2.45) is 0 Å². The Morgan fingerprint density at radius 2 is 1.91 bits per heavy atom. The van der Waals surface area contributed by atoms with Gasteiger partial charge >= 0.3 is 5.97 Å². The van der Waals surface area contributed by atoms with Crippen LogP contribution in [0.15, 0.2) is 24.3 Å². The average molecular weight is 339 g/mol. The Kier molecular flexibility index (Phi) is 5.21. The van der Waals surface area contributed by atoms with Gasteiger partial charge in [-0.15, -0.1) is 11.3 Å². The molecule has 0 fully saturated rings. The van der Waals surface area contributed by atoms with Crippen LogP contribution in [0.4, 0.5) is 0 Å². The summed E-state index contributed by atoms with van der Waals surface area (Å²) in [6.07, 6.45) is 0. The van der Waals surface area contributed by atoms with Gasteiger partial charge in [-0.25, -0.2) is 4.79 Å². The molecule has 0 bridgehead atoms. The second kappa shape index (κ2) is 6.94. The summed E-state index contributed by atoms with van der Waals surface area (Å²) in [4.78, 5) is 26.2. The van der Waals surface area contributed by atoms with Crippen LogP contribution in [-0.4, -0.2) is 25.5 Å². The number of methoxy groups -OCH3 is 1. The van der Waals surface area contributed by atoms with Crippen LogP contribution in [0.3, 0.4) is 0 Å². The molecule has 1 aromatic carbocycles. The van der Waals surface area contributed by atoms with Crippen LogP contribution >= 0.6 is 22.9 Å². The number of thiophene rings is 1. The van der Waals surface area contributed by atoms with Crippen molar-refractivity contribution in [1.29, 1.82) is 0 Å². The molecule has 0 aliphatic rings. The normalized spacial score (nSPS) is 10.4. The Morgan fingerprint density at radius 1 is 1.18 bits per heavy atom. The molecular formula is C16H15ClO4S. The molecule has 0 amide bonds. The van der Waals surface area contributed by atoms with E-state index >= 15 is 0 Å². The largest absolute Gasteiger partial charge is 0.496 e. The van der Waals surface area contributed by atoms with Gasteiger partial charge in [0.2, 0.25) is 5.78 Å². The van der Waals surface area contributed by atoms with Gasteiger partial charge < -0.3 is 9.47 Å². The Morgan fingerprint density at radius 3 is 2.50 bits per heavy atom. The van der Waals surface area contributed by atoms with Gasteiger partial charge in [0.25, 0.3) is 0 Å². The summed E-state index contributed by atoms with van der Waals surface area (Å²) < 4.78 is 10.2. The van der Waals surface area contributed by atoms with E-state index < -0.39 is 5.97 Å². The first-order valence-corrected chi connectivity index (χ1v) is 7.72. The number of benzene rings is 1. The summed E-state index contributed by atoms with van der Waals surface area (Å²) in [6, 6.07) is 6.44. The molecule has 116 valence electrons. The Bertz CT molecular complexity index is 721. The number of ketones is 1. The Balaban J connectivity index is 2.08. The monoisotopic (exact) mass is 338 g/mol. The predicted molar refractivity (Wildman–Crippen MR) is 86.4 cm³/mol. The summed E-state index contributed by atoms with van der Waals surface area (Å²) in [5.41, 5.74) is 0.786. The number of hydrogen-bond donors (Lipinski definition) is 0. The molecular weight excluding hydrogens is 324 g/mol. The quantitative estimate of drug-likeness (QED) is 0.609. The van der Waals surface area contributed by atoms with Crippen molar-refractivity contribution in [3.8, 4) is 5.75 Å². The number of rotatable bonds is 5. The van der Waals surface area contributed by atoms with Gasteiger partial charge in [-0.2, -0.15) is 0 Å². The molecule has 0 spiro atoms. The Hall–Kier alpha value is -1.85. The van der Waals surface area contributed by atoms with Gasteiger partial charge in [0.15, 0.2) is 6.61 Å². The van der Waals surface area contributed by atoms with Crippen LogP contribution in [-0.2, 0) is 4.74 Å². The molecule has 0 N–H and O–H groups in total. The highest BCUT2D eigenvalue weighted by Gasteiger charge is 2.18. The molecule has 4 nitrogen and oxygen atoms in total. The fourth-order valence-corrected chi connectivity index (χ4v) is 3.15. The number of hydrogen-bond acceptors (Lipinski definition) is 5. The molecule has 0 saturated heterocycles. The maximum atomic E-state index is 12.1. The topological polar surface area (TPSA) is 52.6 Å². The smallest absolute Gasteiger partial charge is 0.342 e. The standard InChI is InChI=1S/C16H15ClO4S/c1-9-6-12(10(2)22-9)14(18)8-21-16(19)13-7-11(17)4-5-15(13)20-3/h4-7H,8H2,1-3H3. The average Bonchev–Trinajstić information content (AvgIpc) is 2.83. The summed E-state index contributed by atoms with van der Waals surface area (Å²) in [6.45, 7) is 3.48. The molecule has 0 saturated carbocycles. The minimum atomic E-state index is -0.641. The van der Waals surface area contributed by atoms with Crippen LogP contribution < -0.4 is 4.74 Å². The fraction of sp³-hybridized carbons (Fsp3) is 0.250. The number of carbonyl (C=O) groups is 2. The second-order valence-corrected chi connectivity index (χ2v) is 6.57. The van der Waals surface area contributed by atoms with Crippen LogP contribution in [0.2, 0.25) is 5.02 Å². The van der Waals surface area contributed by atoms with E-state index in [-0.39, 0.29) is 18.0 Å². The van der Waals surface area contributed by atoms with Crippen molar-refractivity contribution in [2.45, 2.75) is 13.8 Å². The lowest BCUT2D eigenvalue weighted by Gasteiger charge is -2.08. The minimum Gasteiger partial charge on any atom is -0.496 e. The molecule has 0 aliphatic carbocycles. The van der Waals surface area contributed by atoms with Gasteiger partial charge in [-0.1, -0.05) is 11.6 Å². The summed E-state index contributed by atoms with van der Waals surface area (Å²) >= 11 is 7.41. The molecule has 1 aromatic heterocycles. The van der Waals surface area contributed by atoms with Crippen molar-refractivity contribution in [1.82, 2.24) is 0 Å². The number of esters is 1. The first kappa shape index (κ1) is 16.5.